The lowest BCUT2D eigenvalue weighted by atomic mass is 9.88. The summed E-state index contributed by atoms with van der Waals surface area (Å²) in [6.07, 6.45) is 0.756. The first kappa shape index (κ1) is 15.3. The molecule has 2 aliphatic heterocycles. The normalized spacial score (nSPS) is 19.1. The largest absolute Gasteiger partial charge is 0.370 e. The van der Waals surface area contributed by atoms with E-state index in [9.17, 15) is 14.4 Å². The second kappa shape index (κ2) is 5.40. The molecule has 0 radical (unpaired) electrons. The number of benzene rings is 1. The van der Waals surface area contributed by atoms with Crippen LogP contribution in [0, 0.1) is 0 Å². The predicted molar refractivity (Wildman–Crippen MR) is 90.0 cm³/mol. The second-order valence-electron chi connectivity index (χ2n) is 6.21. The number of aliphatic imine (C=N–C) groups is 1. The van der Waals surface area contributed by atoms with Crippen molar-refractivity contribution in [3.8, 4) is 0 Å². The molecule has 1 fully saturated rings. The molecule has 2 aromatic rings. The molecule has 1 aromatic heterocycles. The third-order valence-electron chi connectivity index (χ3n) is 4.69. The zero-order chi connectivity index (χ0) is 17.6. The van der Waals surface area contributed by atoms with Gasteiger partial charge in [0.2, 0.25) is 0 Å². The van der Waals surface area contributed by atoms with E-state index in [2.05, 4.69) is 20.3 Å². The fraction of sp³-hybridized carbons (Fsp3) is 0.312. The number of nitrogens with one attached hydrogen (secondary N) is 2. The maximum Gasteiger partial charge on any atom is 0.289 e. The molecule has 0 unspecified atom stereocenters. The van der Waals surface area contributed by atoms with Gasteiger partial charge in [0.25, 0.3) is 17.4 Å². The topological polar surface area (TPSA) is 134 Å². The van der Waals surface area contributed by atoms with Crippen LogP contribution in [0.5, 0.6) is 0 Å². The maximum atomic E-state index is 12.7. The predicted octanol–water partition coefficient (Wildman–Crippen LogP) is -0.658. The number of carbonyl (C=O) groups is 2. The quantitative estimate of drug-likeness (QED) is 0.634. The lowest BCUT2D eigenvalue weighted by molar-refractivity contribution is -0.125. The molecular weight excluding hydrogens is 324 g/mol. The standard InChI is InChI=1S/C16H16N6O3/c17-15-20-14(25)16(21-15)5-7-22(8-6-16)13(24)11-18-10-4-2-1-3-9(10)12(23)19-11/h1-4H,5-8H2,(H,18,19,23)(H3,17,20,21,25). The number of rotatable bonds is 1. The molecule has 1 saturated heterocycles. The highest BCUT2D eigenvalue weighted by Crippen LogP contribution is 2.29. The smallest absolute Gasteiger partial charge is 0.289 e. The molecular formula is C16H16N6O3. The van der Waals surface area contributed by atoms with Gasteiger partial charge in [-0.2, -0.15) is 0 Å². The third-order valence-corrected chi connectivity index (χ3v) is 4.69. The van der Waals surface area contributed by atoms with Crippen LogP contribution in [0.4, 0.5) is 0 Å². The molecule has 2 amide bonds. The fourth-order valence-electron chi connectivity index (χ4n) is 3.30. The Morgan fingerprint density at radius 2 is 1.92 bits per heavy atom. The average molecular weight is 340 g/mol. The SMILES string of the molecule is NC1=NC2(CCN(C(=O)c3nc4ccccc4c(=O)[nH]3)CC2)C(=O)N1. The Balaban J connectivity index is 1.57. The molecule has 128 valence electrons. The Morgan fingerprint density at radius 1 is 1.20 bits per heavy atom. The zero-order valence-corrected chi connectivity index (χ0v) is 13.3. The summed E-state index contributed by atoms with van der Waals surface area (Å²) < 4.78 is 0. The number of hydrogen-bond donors (Lipinski definition) is 3. The van der Waals surface area contributed by atoms with Crippen LogP contribution in [0.1, 0.15) is 23.5 Å². The number of guanidine groups is 1. The van der Waals surface area contributed by atoms with Crippen LogP contribution in [-0.2, 0) is 4.79 Å². The van der Waals surface area contributed by atoms with Gasteiger partial charge < -0.3 is 15.6 Å². The number of aromatic amines is 1. The number of carbonyl (C=O) groups excluding carboxylic acids is 2. The van der Waals surface area contributed by atoms with Gasteiger partial charge in [-0.1, -0.05) is 12.1 Å². The fourth-order valence-corrected chi connectivity index (χ4v) is 3.30. The van der Waals surface area contributed by atoms with Gasteiger partial charge in [0.1, 0.15) is 5.54 Å². The number of fused-ring (bicyclic) bond motifs is 1. The number of para-hydroxylation sites is 1. The van der Waals surface area contributed by atoms with Crippen LogP contribution in [0.15, 0.2) is 34.1 Å². The van der Waals surface area contributed by atoms with Gasteiger partial charge in [0.05, 0.1) is 10.9 Å². The summed E-state index contributed by atoms with van der Waals surface area (Å²) in [4.78, 5) is 49.4. The number of piperidine rings is 1. The Hall–Kier alpha value is -3.23. The summed E-state index contributed by atoms with van der Waals surface area (Å²) in [6, 6.07) is 6.84. The minimum absolute atomic E-state index is 0.00135. The third kappa shape index (κ3) is 2.44. The molecule has 0 saturated carbocycles. The monoisotopic (exact) mass is 340 g/mol. The molecule has 4 N–H and O–H groups in total. The van der Waals surface area contributed by atoms with Crippen molar-refractivity contribution in [2.45, 2.75) is 18.4 Å². The minimum Gasteiger partial charge on any atom is -0.370 e. The first-order valence-corrected chi connectivity index (χ1v) is 7.94. The van der Waals surface area contributed by atoms with E-state index < -0.39 is 5.54 Å². The van der Waals surface area contributed by atoms with Gasteiger partial charge in [-0.3, -0.25) is 19.7 Å². The highest BCUT2D eigenvalue weighted by Gasteiger charge is 2.46. The van der Waals surface area contributed by atoms with Crippen LogP contribution in [-0.4, -0.2) is 51.3 Å². The van der Waals surface area contributed by atoms with E-state index in [0.29, 0.717) is 36.8 Å². The minimum atomic E-state index is -0.884. The number of hydrogen-bond acceptors (Lipinski definition) is 6. The molecule has 1 spiro atoms. The Kier molecular flexibility index (Phi) is 3.31. The highest BCUT2D eigenvalue weighted by atomic mass is 16.2. The van der Waals surface area contributed by atoms with Crippen LogP contribution in [0.3, 0.4) is 0 Å². The Labute approximate surface area is 141 Å². The van der Waals surface area contributed by atoms with E-state index >= 15 is 0 Å². The summed E-state index contributed by atoms with van der Waals surface area (Å²) in [5.41, 5.74) is 4.81. The van der Waals surface area contributed by atoms with Gasteiger partial charge in [-0.25, -0.2) is 9.98 Å². The molecule has 0 bridgehead atoms. The molecule has 4 rings (SSSR count). The lowest BCUT2D eigenvalue weighted by Crippen LogP contribution is -2.51. The number of H-pyrrole nitrogens is 1. The molecule has 2 aliphatic rings. The first-order valence-electron chi connectivity index (χ1n) is 7.94. The van der Waals surface area contributed by atoms with Crippen LogP contribution in [0.25, 0.3) is 10.9 Å². The van der Waals surface area contributed by atoms with Gasteiger partial charge in [0.15, 0.2) is 11.8 Å². The van der Waals surface area contributed by atoms with Crippen molar-refractivity contribution in [2.24, 2.45) is 10.7 Å². The van der Waals surface area contributed by atoms with E-state index in [0.717, 1.165) is 0 Å². The van der Waals surface area contributed by atoms with E-state index in [-0.39, 0.29) is 29.2 Å². The van der Waals surface area contributed by atoms with Crippen molar-refractivity contribution in [2.75, 3.05) is 13.1 Å². The number of likely N-dealkylation sites (tertiary alicyclic amines) is 1. The van der Waals surface area contributed by atoms with Gasteiger partial charge >= 0.3 is 0 Å². The van der Waals surface area contributed by atoms with Crippen molar-refractivity contribution in [1.82, 2.24) is 20.2 Å². The molecule has 25 heavy (non-hydrogen) atoms. The van der Waals surface area contributed by atoms with Crippen LogP contribution in [0.2, 0.25) is 0 Å². The summed E-state index contributed by atoms with van der Waals surface area (Å²) in [7, 11) is 0. The van der Waals surface area contributed by atoms with Crippen molar-refractivity contribution >= 4 is 28.7 Å². The first-order chi connectivity index (χ1) is 12.0. The molecule has 0 aliphatic carbocycles. The van der Waals surface area contributed by atoms with Crippen LogP contribution >= 0.6 is 0 Å². The number of nitrogens with two attached hydrogens (primary N) is 1. The molecule has 1 aromatic carbocycles. The van der Waals surface area contributed by atoms with E-state index in [1.807, 2.05) is 0 Å². The van der Waals surface area contributed by atoms with Crippen molar-refractivity contribution in [1.29, 1.82) is 0 Å². The van der Waals surface area contributed by atoms with Gasteiger partial charge in [0, 0.05) is 13.1 Å². The summed E-state index contributed by atoms with van der Waals surface area (Å²) in [5, 5.41) is 2.94. The molecule has 0 atom stereocenters. The van der Waals surface area contributed by atoms with E-state index in [1.165, 1.54) is 0 Å². The van der Waals surface area contributed by atoms with Crippen molar-refractivity contribution in [3.63, 3.8) is 0 Å². The highest BCUT2D eigenvalue weighted by molar-refractivity contribution is 6.07. The molecule has 3 heterocycles. The number of amides is 2. The molecule has 9 heteroatoms. The van der Waals surface area contributed by atoms with E-state index in [1.54, 1.807) is 29.2 Å². The van der Waals surface area contributed by atoms with Crippen LogP contribution < -0.4 is 16.6 Å². The zero-order valence-electron chi connectivity index (χ0n) is 13.3. The number of aromatic nitrogens is 2. The summed E-state index contributed by atoms with van der Waals surface area (Å²) in [6.45, 7) is 0.666. The van der Waals surface area contributed by atoms with Crippen molar-refractivity contribution in [3.05, 3.63) is 40.4 Å². The lowest BCUT2D eigenvalue weighted by Gasteiger charge is -2.35. The Bertz CT molecular complexity index is 971. The number of nitrogens with zero attached hydrogens (tertiary/aromatic N) is 3. The molecule has 9 nitrogen and oxygen atoms in total. The average Bonchev–Trinajstić information content (AvgIpc) is 2.88. The van der Waals surface area contributed by atoms with Gasteiger partial charge in [-0.05, 0) is 25.0 Å². The van der Waals surface area contributed by atoms with Gasteiger partial charge in [-0.15, -0.1) is 0 Å². The van der Waals surface area contributed by atoms with Crippen molar-refractivity contribution < 1.29 is 9.59 Å². The van der Waals surface area contributed by atoms with E-state index in [4.69, 9.17) is 5.73 Å². The summed E-state index contributed by atoms with van der Waals surface area (Å²) >= 11 is 0. The second-order valence-corrected chi connectivity index (χ2v) is 6.21. The maximum absolute atomic E-state index is 12.7. The Morgan fingerprint density at radius 3 is 2.60 bits per heavy atom. The summed E-state index contributed by atoms with van der Waals surface area (Å²) in [5.74, 6) is -0.480.